The lowest BCUT2D eigenvalue weighted by atomic mass is 9.66. The molecule has 1 atom stereocenters. The van der Waals surface area contributed by atoms with Crippen LogP contribution in [0, 0.1) is 5.41 Å². The third-order valence-corrected chi connectivity index (χ3v) is 5.58. The van der Waals surface area contributed by atoms with Crippen molar-refractivity contribution >= 4 is 7.12 Å². The highest BCUT2D eigenvalue weighted by Crippen LogP contribution is 2.43. The predicted octanol–water partition coefficient (Wildman–Crippen LogP) is 4.33. The number of ether oxygens (including phenoxy) is 2. The quantitative estimate of drug-likeness (QED) is 0.618. The third-order valence-electron chi connectivity index (χ3n) is 5.58. The summed E-state index contributed by atoms with van der Waals surface area (Å²) < 4.78 is 59.8. The highest BCUT2D eigenvalue weighted by Gasteiger charge is 2.53. The summed E-state index contributed by atoms with van der Waals surface area (Å²) in [6.07, 6.45) is -0.322. The molecule has 1 unspecified atom stereocenters. The minimum atomic E-state index is -4.31. The molecule has 0 saturated carbocycles. The lowest BCUT2D eigenvalue weighted by Crippen LogP contribution is -2.41. The second kappa shape index (κ2) is 7.82. The highest BCUT2D eigenvalue weighted by molar-refractivity contribution is 6.54. The van der Waals surface area contributed by atoms with Gasteiger partial charge in [-0.1, -0.05) is 6.08 Å². The maximum Gasteiger partial charge on any atom is 0.490 e. The molecule has 1 aliphatic heterocycles. The van der Waals surface area contributed by atoms with E-state index in [1.807, 2.05) is 40.7 Å². The lowest BCUT2D eigenvalue weighted by molar-refractivity contribution is -0.183. The molecule has 26 heavy (non-hydrogen) atoms. The van der Waals surface area contributed by atoms with Gasteiger partial charge in [0.2, 0.25) is 0 Å². The molecule has 4 nitrogen and oxygen atoms in total. The molecule has 0 aromatic heterocycles. The predicted molar refractivity (Wildman–Crippen MR) is 93.8 cm³/mol. The van der Waals surface area contributed by atoms with Gasteiger partial charge in [0.15, 0.2) is 0 Å². The zero-order valence-corrected chi connectivity index (χ0v) is 16.4. The van der Waals surface area contributed by atoms with Crippen molar-refractivity contribution in [3.05, 3.63) is 11.5 Å². The van der Waals surface area contributed by atoms with Gasteiger partial charge >= 0.3 is 13.3 Å². The van der Waals surface area contributed by atoms with Crippen molar-refractivity contribution in [2.75, 3.05) is 26.4 Å². The molecule has 0 N–H and O–H groups in total. The van der Waals surface area contributed by atoms with Gasteiger partial charge in [0, 0.05) is 12.0 Å². The van der Waals surface area contributed by atoms with Crippen LogP contribution in [0.5, 0.6) is 0 Å². The Morgan fingerprint density at radius 1 is 1.08 bits per heavy atom. The Labute approximate surface area is 154 Å². The third kappa shape index (κ3) is 5.24. The molecule has 0 amide bonds. The molecule has 0 radical (unpaired) electrons. The molecule has 0 aromatic rings. The Balaban J connectivity index is 2.02. The van der Waals surface area contributed by atoms with E-state index in [0.717, 1.165) is 5.47 Å². The first-order valence-corrected chi connectivity index (χ1v) is 9.17. The molecule has 0 bridgehead atoms. The summed E-state index contributed by atoms with van der Waals surface area (Å²) in [5, 5.41) is 0. The second-order valence-corrected chi connectivity index (χ2v) is 8.32. The van der Waals surface area contributed by atoms with E-state index in [-0.39, 0.29) is 6.61 Å². The zero-order valence-electron chi connectivity index (χ0n) is 16.4. The van der Waals surface area contributed by atoms with Crippen LogP contribution in [-0.4, -0.2) is 50.9 Å². The fraction of sp³-hybridized carbons (Fsp3) is 0.889. The van der Waals surface area contributed by atoms with Crippen molar-refractivity contribution in [1.82, 2.24) is 0 Å². The normalized spacial score (nSPS) is 28.3. The minimum Gasteiger partial charge on any atom is -0.400 e. The number of rotatable bonds is 7. The topological polar surface area (TPSA) is 36.9 Å². The van der Waals surface area contributed by atoms with Crippen LogP contribution in [-0.2, 0) is 18.8 Å². The number of hydrogen-bond acceptors (Lipinski definition) is 4. The standard InChI is InChI=1S/C18H30BF3O4/c1-6-23-11-17(12-24-13-18(20,21)22)9-7-14(8-10-17)19-25-15(2,3)16(4,5)26-19/h7H,6,8-13H2,1-5H3. The molecule has 1 heterocycles. The van der Waals surface area contributed by atoms with Gasteiger partial charge < -0.3 is 18.8 Å². The second-order valence-electron chi connectivity index (χ2n) is 8.32. The maximum absolute atomic E-state index is 12.4. The van der Waals surface area contributed by atoms with Crippen LogP contribution in [0.25, 0.3) is 0 Å². The van der Waals surface area contributed by atoms with Crippen molar-refractivity contribution in [1.29, 1.82) is 0 Å². The van der Waals surface area contributed by atoms with Crippen molar-refractivity contribution < 1.29 is 32.0 Å². The average Bonchev–Trinajstić information content (AvgIpc) is 2.73. The van der Waals surface area contributed by atoms with Gasteiger partial charge in [-0.15, -0.1) is 0 Å². The molecule has 8 heteroatoms. The number of hydrogen-bond donors (Lipinski definition) is 0. The summed E-state index contributed by atoms with van der Waals surface area (Å²) in [7, 11) is -0.402. The van der Waals surface area contributed by atoms with E-state index in [2.05, 4.69) is 0 Å². The first kappa shape index (κ1) is 21.7. The van der Waals surface area contributed by atoms with Crippen LogP contribution in [0.15, 0.2) is 11.5 Å². The van der Waals surface area contributed by atoms with Crippen LogP contribution in [0.1, 0.15) is 53.9 Å². The van der Waals surface area contributed by atoms with E-state index in [1.165, 1.54) is 0 Å². The van der Waals surface area contributed by atoms with Gasteiger partial charge in [-0.3, -0.25) is 0 Å². The monoisotopic (exact) mass is 378 g/mol. The van der Waals surface area contributed by atoms with Crippen molar-refractivity contribution in [3.8, 4) is 0 Å². The molecule has 150 valence electrons. The molecule has 2 aliphatic rings. The summed E-state index contributed by atoms with van der Waals surface area (Å²) in [5.41, 5.74) is -0.205. The fourth-order valence-corrected chi connectivity index (χ4v) is 3.18. The Morgan fingerprint density at radius 3 is 2.12 bits per heavy atom. The molecule has 1 fully saturated rings. The SMILES string of the molecule is CCOCC1(COCC(F)(F)F)CC=C(B2OC(C)(C)C(C)(C)O2)CC1. The van der Waals surface area contributed by atoms with Gasteiger partial charge in [0.25, 0.3) is 0 Å². The first-order valence-electron chi connectivity index (χ1n) is 9.17. The van der Waals surface area contributed by atoms with Gasteiger partial charge in [0.1, 0.15) is 6.61 Å². The van der Waals surface area contributed by atoms with Crippen LogP contribution in [0.2, 0.25) is 0 Å². The Bertz CT molecular complexity index is 503. The Hall–Kier alpha value is -0.565. The van der Waals surface area contributed by atoms with Crippen LogP contribution < -0.4 is 0 Å². The van der Waals surface area contributed by atoms with Crippen molar-refractivity contribution in [2.45, 2.75) is 71.3 Å². The number of allylic oxidation sites excluding steroid dienone is 2. The summed E-state index contributed by atoms with van der Waals surface area (Å²) in [4.78, 5) is 0. The Kier molecular flexibility index (Phi) is 6.53. The van der Waals surface area contributed by atoms with Gasteiger partial charge in [-0.25, -0.2) is 0 Å². The summed E-state index contributed by atoms with van der Waals surface area (Å²) >= 11 is 0. The molecule has 0 aromatic carbocycles. The average molecular weight is 378 g/mol. The van der Waals surface area contributed by atoms with E-state index in [4.69, 9.17) is 18.8 Å². The van der Waals surface area contributed by atoms with Crippen molar-refractivity contribution in [3.63, 3.8) is 0 Å². The van der Waals surface area contributed by atoms with E-state index in [0.29, 0.717) is 32.5 Å². The zero-order chi connectivity index (χ0) is 19.6. The van der Waals surface area contributed by atoms with E-state index in [9.17, 15) is 13.2 Å². The largest absolute Gasteiger partial charge is 0.490 e. The van der Waals surface area contributed by atoms with Crippen molar-refractivity contribution in [2.24, 2.45) is 5.41 Å². The summed E-state index contributed by atoms with van der Waals surface area (Å²) in [6, 6.07) is 0. The first-order chi connectivity index (χ1) is 11.9. The summed E-state index contributed by atoms with van der Waals surface area (Å²) in [5.74, 6) is 0. The smallest absolute Gasteiger partial charge is 0.400 e. The molecular weight excluding hydrogens is 348 g/mol. The van der Waals surface area contributed by atoms with Crippen LogP contribution >= 0.6 is 0 Å². The fourth-order valence-electron chi connectivity index (χ4n) is 3.18. The molecule has 0 spiro atoms. The minimum absolute atomic E-state index is 0.0274. The number of halogens is 3. The van der Waals surface area contributed by atoms with Crippen LogP contribution in [0.3, 0.4) is 0 Å². The molecule has 2 rings (SSSR count). The molecule has 1 aliphatic carbocycles. The maximum atomic E-state index is 12.4. The highest BCUT2D eigenvalue weighted by atomic mass is 19.4. The van der Waals surface area contributed by atoms with Gasteiger partial charge in [-0.2, -0.15) is 13.2 Å². The lowest BCUT2D eigenvalue weighted by Gasteiger charge is -2.36. The van der Waals surface area contributed by atoms with Crippen LogP contribution in [0.4, 0.5) is 13.2 Å². The molecule has 1 saturated heterocycles. The van der Waals surface area contributed by atoms with Gasteiger partial charge in [0.05, 0.1) is 24.4 Å². The van der Waals surface area contributed by atoms with Gasteiger partial charge in [-0.05, 0) is 59.4 Å². The Morgan fingerprint density at radius 2 is 1.65 bits per heavy atom. The molecular formula is C18H30BF3O4. The van der Waals surface area contributed by atoms with E-state index in [1.54, 1.807) is 0 Å². The van der Waals surface area contributed by atoms with E-state index >= 15 is 0 Å². The summed E-state index contributed by atoms with van der Waals surface area (Å²) in [6.45, 7) is 9.58. The van der Waals surface area contributed by atoms with E-state index < -0.39 is 36.5 Å². The number of alkyl halides is 3.